The SMILES string of the molecule is COc1cc(F)c([C@@H]2CN(c3c(C)ccn(C4CCS(=O)(=O)CC4)c3=O)C(=O)[C@H]2NC(=O)c2ccc(OC(F)(F)F)cc2)c(F)c1. The summed E-state index contributed by atoms with van der Waals surface area (Å²) in [5, 5.41) is 2.44. The lowest BCUT2D eigenvalue weighted by atomic mass is 9.92. The Bertz CT molecular complexity index is 1810. The van der Waals surface area contributed by atoms with Gasteiger partial charge >= 0.3 is 6.36 Å². The number of pyridine rings is 1. The first kappa shape index (κ1) is 32.9. The summed E-state index contributed by atoms with van der Waals surface area (Å²) in [5.74, 6) is -6.29. The van der Waals surface area contributed by atoms with Gasteiger partial charge in [0.05, 0.1) is 18.6 Å². The number of ether oxygens (including phenoxy) is 2. The van der Waals surface area contributed by atoms with E-state index in [-0.39, 0.29) is 41.3 Å². The number of nitrogens with one attached hydrogen (secondary N) is 1. The number of aryl methyl sites for hydroxylation is 1. The summed E-state index contributed by atoms with van der Waals surface area (Å²) in [6.07, 6.45) is -3.12. The number of alkyl halides is 3. The van der Waals surface area contributed by atoms with E-state index in [9.17, 15) is 36.0 Å². The standard InChI is InChI=1S/C30H28F5N3O7S/c1-16-7-10-37(18-8-11-46(42,43)12-9-18)29(41)26(16)38-15-21(24-22(31)13-20(44-2)14-23(24)32)25(28(38)40)36-27(39)17-3-5-19(6-4-17)45-30(33,34)35/h3-7,10,13-14,18,21,25H,8-9,11-12,15H2,1-2H3,(H,36,39)/t21-,25-/m0/s1. The Labute approximate surface area is 259 Å². The molecule has 1 aromatic heterocycles. The Morgan fingerprint density at radius 2 is 1.59 bits per heavy atom. The van der Waals surface area contributed by atoms with E-state index in [1.165, 1.54) is 17.9 Å². The molecule has 0 spiro atoms. The number of rotatable bonds is 7. The first-order chi connectivity index (χ1) is 21.6. The Morgan fingerprint density at radius 3 is 2.15 bits per heavy atom. The molecule has 0 saturated carbocycles. The summed E-state index contributed by atoms with van der Waals surface area (Å²) in [5.41, 5.74) is -1.12. The van der Waals surface area contributed by atoms with Crippen molar-refractivity contribution < 1.29 is 49.4 Å². The molecule has 0 radical (unpaired) electrons. The van der Waals surface area contributed by atoms with Crippen molar-refractivity contribution in [1.82, 2.24) is 9.88 Å². The van der Waals surface area contributed by atoms with Gasteiger partial charge in [-0.3, -0.25) is 14.4 Å². The predicted octanol–water partition coefficient (Wildman–Crippen LogP) is 4.02. The molecule has 1 N–H and O–H groups in total. The number of amides is 2. The maximum Gasteiger partial charge on any atom is 0.573 e. The summed E-state index contributed by atoms with van der Waals surface area (Å²) in [4.78, 5) is 42.0. The van der Waals surface area contributed by atoms with Crippen LogP contribution in [0.3, 0.4) is 0 Å². The van der Waals surface area contributed by atoms with E-state index < -0.39 is 81.1 Å². The van der Waals surface area contributed by atoms with E-state index in [1.54, 1.807) is 13.0 Å². The average molecular weight is 670 g/mol. The lowest BCUT2D eigenvalue weighted by Gasteiger charge is -2.26. The van der Waals surface area contributed by atoms with Gasteiger partial charge in [-0.15, -0.1) is 13.2 Å². The molecule has 2 saturated heterocycles. The number of carbonyl (C=O) groups is 2. The van der Waals surface area contributed by atoms with Crippen LogP contribution in [-0.4, -0.2) is 62.4 Å². The highest BCUT2D eigenvalue weighted by molar-refractivity contribution is 7.91. The molecule has 2 aliphatic heterocycles. The van der Waals surface area contributed by atoms with Crippen molar-refractivity contribution in [3.05, 3.63) is 87.3 Å². The van der Waals surface area contributed by atoms with E-state index in [2.05, 4.69) is 10.1 Å². The summed E-state index contributed by atoms with van der Waals surface area (Å²) >= 11 is 0. The molecule has 0 bridgehead atoms. The van der Waals surface area contributed by atoms with Gasteiger partial charge in [0.2, 0.25) is 5.91 Å². The number of carbonyl (C=O) groups excluding carboxylic acids is 2. The maximum absolute atomic E-state index is 15.4. The molecule has 2 aliphatic rings. The Balaban J connectivity index is 1.52. The number of methoxy groups -OCH3 is 1. The van der Waals surface area contributed by atoms with Gasteiger partial charge in [-0.25, -0.2) is 17.2 Å². The Kier molecular flexibility index (Phi) is 8.86. The highest BCUT2D eigenvalue weighted by Gasteiger charge is 2.46. The van der Waals surface area contributed by atoms with Crippen LogP contribution in [0.4, 0.5) is 27.6 Å². The maximum atomic E-state index is 15.4. The minimum atomic E-state index is -4.97. The van der Waals surface area contributed by atoms with Crippen molar-refractivity contribution in [2.45, 2.75) is 44.1 Å². The predicted molar refractivity (Wildman–Crippen MR) is 155 cm³/mol. The van der Waals surface area contributed by atoms with E-state index in [1.807, 2.05) is 0 Å². The number of benzene rings is 2. The molecule has 10 nitrogen and oxygen atoms in total. The van der Waals surface area contributed by atoms with Crippen molar-refractivity contribution in [2.24, 2.45) is 0 Å². The highest BCUT2D eigenvalue weighted by Crippen LogP contribution is 2.37. The van der Waals surface area contributed by atoms with E-state index in [0.717, 1.165) is 41.3 Å². The van der Waals surface area contributed by atoms with Gasteiger partial charge in [0.15, 0.2) is 0 Å². The van der Waals surface area contributed by atoms with Crippen LogP contribution in [0.2, 0.25) is 0 Å². The number of halogens is 5. The van der Waals surface area contributed by atoms with Crippen molar-refractivity contribution in [3.63, 3.8) is 0 Å². The van der Waals surface area contributed by atoms with E-state index >= 15 is 8.78 Å². The third kappa shape index (κ3) is 6.71. The molecular weight excluding hydrogens is 641 g/mol. The summed E-state index contributed by atoms with van der Waals surface area (Å²) in [7, 11) is -2.04. The molecule has 2 fully saturated rings. The van der Waals surface area contributed by atoms with Crippen LogP contribution in [0.1, 0.15) is 46.3 Å². The number of hydrogen-bond donors (Lipinski definition) is 1. The Morgan fingerprint density at radius 1 is 0.978 bits per heavy atom. The Hall–Kier alpha value is -4.47. The molecule has 46 heavy (non-hydrogen) atoms. The molecule has 3 heterocycles. The first-order valence-corrected chi connectivity index (χ1v) is 15.8. The topological polar surface area (TPSA) is 124 Å². The second-order valence-electron chi connectivity index (χ2n) is 11.0. The minimum absolute atomic E-state index is 0.106. The molecule has 16 heteroatoms. The molecule has 2 atom stereocenters. The van der Waals surface area contributed by atoms with E-state index in [0.29, 0.717) is 5.56 Å². The van der Waals surface area contributed by atoms with Crippen LogP contribution in [0.15, 0.2) is 53.5 Å². The average Bonchev–Trinajstić information content (AvgIpc) is 3.27. The lowest BCUT2D eigenvalue weighted by Crippen LogP contribution is -2.45. The van der Waals surface area contributed by atoms with Gasteiger partial charge in [0, 0.05) is 48.0 Å². The zero-order valence-electron chi connectivity index (χ0n) is 24.4. The molecule has 0 aliphatic carbocycles. The van der Waals surface area contributed by atoms with Gasteiger partial charge in [-0.1, -0.05) is 0 Å². The van der Waals surface area contributed by atoms with Crippen molar-refractivity contribution in [1.29, 1.82) is 0 Å². The number of aromatic nitrogens is 1. The quantitative estimate of drug-likeness (QED) is 0.377. The molecular formula is C30H28F5N3O7S. The van der Waals surface area contributed by atoms with Crippen molar-refractivity contribution in [3.8, 4) is 11.5 Å². The van der Waals surface area contributed by atoms with Gasteiger partial charge in [0.25, 0.3) is 11.5 Å². The van der Waals surface area contributed by atoms with Gasteiger partial charge in [0.1, 0.15) is 44.7 Å². The lowest BCUT2D eigenvalue weighted by molar-refractivity contribution is -0.274. The smallest absolute Gasteiger partial charge is 0.497 e. The van der Waals surface area contributed by atoms with Crippen molar-refractivity contribution >= 4 is 27.3 Å². The number of nitrogens with zero attached hydrogens (tertiary/aromatic N) is 2. The molecule has 246 valence electrons. The van der Waals surface area contributed by atoms with Crippen LogP contribution >= 0.6 is 0 Å². The first-order valence-electron chi connectivity index (χ1n) is 14.0. The van der Waals surface area contributed by atoms with E-state index in [4.69, 9.17) is 4.74 Å². The fourth-order valence-electron chi connectivity index (χ4n) is 5.82. The normalized spacial score (nSPS) is 20.1. The zero-order chi connectivity index (χ0) is 33.6. The van der Waals surface area contributed by atoms with Gasteiger partial charge < -0.3 is 24.3 Å². The summed E-state index contributed by atoms with van der Waals surface area (Å²) in [6.45, 7) is 1.13. The van der Waals surface area contributed by atoms with Crippen LogP contribution < -0.4 is 25.2 Å². The van der Waals surface area contributed by atoms with Gasteiger partial charge in [-0.05, 0) is 55.7 Å². The number of anilines is 1. The zero-order valence-corrected chi connectivity index (χ0v) is 25.3. The van der Waals surface area contributed by atoms with Crippen molar-refractivity contribution in [2.75, 3.05) is 30.1 Å². The van der Waals surface area contributed by atoms with Crippen LogP contribution in [0.5, 0.6) is 11.5 Å². The summed E-state index contributed by atoms with van der Waals surface area (Å²) in [6, 6.07) is 5.10. The second kappa shape index (κ2) is 12.4. The molecule has 0 unspecified atom stereocenters. The molecule has 2 aromatic carbocycles. The number of sulfone groups is 1. The molecule has 5 rings (SSSR count). The summed E-state index contributed by atoms with van der Waals surface area (Å²) < 4.78 is 102. The third-order valence-electron chi connectivity index (χ3n) is 8.09. The fourth-order valence-corrected chi connectivity index (χ4v) is 7.29. The van der Waals surface area contributed by atoms with Gasteiger partial charge in [-0.2, -0.15) is 0 Å². The molecule has 3 aromatic rings. The van der Waals surface area contributed by atoms with Crippen LogP contribution in [-0.2, 0) is 14.6 Å². The number of hydrogen-bond acceptors (Lipinski definition) is 7. The second-order valence-corrected chi connectivity index (χ2v) is 13.3. The molecule has 2 amide bonds. The largest absolute Gasteiger partial charge is 0.573 e. The third-order valence-corrected chi connectivity index (χ3v) is 9.81. The van der Waals surface area contributed by atoms with Crippen LogP contribution in [0, 0.1) is 18.6 Å². The highest BCUT2D eigenvalue weighted by atomic mass is 32.2. The fraction of sp³-hybridized carbons (Fsp3) is 0.367. The minimum Gasteiger partial charge on any atom is -0.497 e. The monoisotopic (exact) mass is 669 g/mol. The van der Waals surface area contributed by atoms with Crippen LogP contribution in [0.25, 0.3) is 0 Å².